The number of carbonyl (C=O) groups is 2. The summed E-state index contributed by atoms with van der Waals surface area (Å²) < 4.78 is 27.3. The first kappa shape index (κ1) is 18.8. The van der Waals surface area contributed by atoms with Crippen LogP contribution in [0.15, 0.2) is 29.2 Å². The van der Waals surface area contributed by atoms with Gasteiger partial charge in [-0.2, -0.15) is 4.31 Å². The molecule has 1 amide bonds. The van der Waals surface area contributed by atoms with E-state index >= 15 is 0 Å². The summed E-state index contributed by atoms with van der Waals surface area (Å²) in [5.74, 6) is -0.730. The molecule has 1 unspecified atom stereocenters. The van der Waals surface area contributed by atoms with E-state index in [2.05, 4.69) is 6.92 Å². The molecule has 142 valence electrons. The van der Waals surface area contributed by atoms with Gasteiger partial charge >= 0.3 is 5.97 Å². The Labute approximate surface area is 153 Å². The standard InChI is InChI=1S/C18H24N2O5S/c1-13-7-10-19(11-8-13)17(21)16-6-3-9-20(16)26(24,25)15-5-2-4-14(12-15)18(22)23/h2,4-5,12-13,16H,3,6-11H2,1H3,(H,22,23). The Kier molecular flexibility index (Phi) is 5.34. The molecule has 1 N–H and O–H groups in total. The maximum atomic E-state index is 13.0. The van der Waals surface area contributed by atoms with Crippen LogP contribution in [0.5, 0.6) is 0 Å². The minimum absolute atomic E-state index is 0.0793. The third-order valence-electron chi connectivity index (χ3n) is 5.27. The zero-order chi connectivity index (χ0) is 18.9. The number of rotatable bonds is 4. The van der Waals surface area contributed by atoms with E-state index in [4.69, 9.17) is 5.11 Å². The van der Waals surface area contributed by atoms with Crippen LogP contribution in [0.1, 0.15) is 43.0 Å². The number of aromatic carboxylic acids is 1. The lowest BCUT2D eigenvalue weighted by Gasteiger charge is -2.34. The van der Waals surface area contributed by atoms with Gasteiger partial charge in [-0.25, -0.2) is 13.2 Å². The van der Waals surface area contributed by atoms with Gasteiger partial charge in [0.25, 0.3) is 0 Å². The van der Waals surface area contributed by atoms with Gasteiger partial charge in [0.1, 0.15) is 6.04 Å². The Morgan fingerprint density at radius 3 is 2.46 bits per heavy atom. The second-order valence-electron chi connectivity index (χ2n) is 7.11. The number of carboxylic acid groups (broad SMARTS) is 1. The number of piperidine rings is 1. The summed E-state index contributed by atoms with van der Waals surface area (Å²) in [5.41, 5.74) is -0.0850. The van der Waals surface area contributed by atoms with Gasteiger partial charge in [0.15, 0.2) is 0 Å². The number of amides is 1. The van der Waals surface area contributed by atoms with Crippen LogP contribution >= 0.6 is 0 Å². The molecule has 2 aliphatic rings. The van der Waals surface area contributed by atoms with Crippen LogP contribution in [0.3, 0.4) is 0 Å². The van der Waals surface area contributed by atoms with Crippen LogP contribution in [-0.2, 0) is 14.8 Å². The lowest BCUT2D eigenvalue weighted by molar-refractivity contribution is -0.135. The van der Waals surface area contributed by atoms with Gasteiger partial charge < -0.3 is 10.0 Å². The lowest BCUT2D eigenvalue weighted by Crippen LogP contribution is -2.49. The number of hydrogen-bond donors (Lipinski definition) is 1. The molecule has 0 aromatic heterocycles. The summed E-state index contributed by atoms with van der Waals surface area (Å²) in [6.07, 6.45) is 3.00. The van der Waals surface area contributed by atoms with Crippen LogP contribution < -0.4 is 0 Å². The highest BCUT2D eigenvalue weighted by molar-refractivity contribution is 7.89. The number of likely N-dealkylation sites (tertiary alicyclic amines) is 1. The molecule has 26 heavy (non-hydrogen) atoms. The maximum absolute atomic E-state index is 13.0. The highest BCUT2D eigenvalue weighted by Crippen LogP contribution is 2.29. The molecular weight excluding hydrogens is 356 g/mol. The molecule has 0 bridgehead atoms. The highest BCUT2D eigenvalue weighted by Gasteiger charge is 2.41. The highest BCUT2D eigenvalue weighted by atomic mass is 32.2. The van der Waals surface area contributed by atoms with E-state index in [1.54, 1.807) is 4.90 Å². The number of sulfonamides is 1. The van der Waals surface area contributed by atoms with E-state index in [1.807, 2.05) is 0 Å². The van der Waals surface area contributed by atoms with E-state index in [9.17, 15) is 18.0 Å². The van der Waals surface area contributed by atoms with Crippen molar-refractivity contribution in [3.63, 3.8) is 0 Å². The third kappa shape index (κ3) is 3.61. The molecule has 1 atom stereocenters. The molecule has 2 saturated heterocycles. The topological polar surface area (TPSA) is 95.0 Å². The van der Waals surface area contributed by atoms with Crippen molar-refractivity contribution in [2.75, 3.05) is 19.6 Å². The van der Waals surface area contributed by atoms with Crippen molar-refractivity contribution in [2.45, 2.75) is 43.5 Å². The number of hydrogen-bond acceptors (Lipinski definition) is 4. The molecule has 0 aliphatic carbocycles. The van der Waals surface area contributed by atoms with Crippen LogP contribution in [0.2, 0.25) is 0 Å². The molecule has 2 fully saturated rings. The van der Waals surface area contributed by atoms with Gasteiger partial charge in [-0.3, -0.25) is 4.79 Å². The average molecular weight is 380 g/mol. The predicted molar refractivity (Wildman–Crippen MR) is 95.3 cm³/mol. The smallest absolute Gasteiger partial charge is 0.335 e. The Bertz CT molecular complexity index is 800. The fourth-order valence-electron chi connectivity index (χ4n) is 3.64. The third-order valence-corrected chi connectivity index (χ3v) is 7.18. The molecule has 1 aromatic rings. The Morgan fingerprint density at radius 1 is 1.12 bits per heavy atom. The molecule has 7 nitrogen and oxygen atoms in total. The lowest BCUT2D eigenvalue weighted by atomic mass is 9.98. The Morgan fingerprint density at radius 2 is 1.81 bits per heavy atom. The zero-order valence-electron chi connectivity index (χ0n) is 14.8. The molecule has 2 aliphatic heterocycles. The van der Waals surface area contributed by atoms with Crippen LogP contribution in [0.25, 0.3) is 0 Å². The quantitative estimate of drug-likeness (QED) is 0.859. The summed E-state index contributed by atoms with van der Waals surface area (Å²) in [7, 11) is -3.92. The molecule has 8 heteroatoms. The molecule has 0 radical (unpaired) electrons. The summed E-state index contributed by atoms with van der Waals surface area (Å²) in [6, 6.07) is 4.60. The number of carbonyl (C=O) groups excluding carboxylic acids is 1. The first-order chi connectivity index (χ1) is 12.3. The molecule has 3 rings (SSSR count). The second kappa shape index (κ2) is 7.36. The van der Waals surface area contributed by atoms with Gasteiger partial charge in [0.05, 0.1) is 10.5 Å². The minimum Gasteiger partial charge on any atom is -0.478 e. The van der Waals surface area contributed by atoms with Crippen molar-refractivity contribution in [2.24, 2.45) is 5.92 Å². The van der Waals surface area contributed by atoms with Crippen molar-refractivity contribution in [3.8, 4) is 0 Å². The maximum Gasteiger partial charge on any atom is 0.335 e. The van der Waals surface area contributed by atoms with Crippen molar-refractivity contribution in [1.82, 2.24) is 9.21 Å². The van der Waals surface area contributed by atoms with Gasteiger partial charge in [-0.15, -0.1) is 0 Å². The molecule has 1 aromatic carbocycles. The summed E-state index contributed by atoms with van der Waals surface area (Å²) in [5, 5.41) is 9.10. The predicted octanol–water partition coefficient (Wildman–Crippen LogP) is 1.80. The zero-order valence-corrected chi connectivity index (χ0v) is 15.6. The average Bonchev–Trinajstić information content (AvgIpc) is 3.12. The number of nitrogens with zero attached hydrogens (tertiary/aromatic N) is 2. The van der Waals surface area contributed by atoms with E-state index in [0.29, 0.717) is 31.8 Å². The normalized spacial score (nSPS) is 22.5. The van der Waals surface area contributed by atoms with Crippen LogP contribution in [-0.4, -0.2) is 60.3 Å². The van der Waals surface area contributed by atoms with Gasteiger partial charge in [0.2, 0.25) is 15.9 Å². The van der Waals surface area contributed by atoms with E-state index in [0.717, 1.165) is 18.9 Å². The van der Waals surface area contributed by atoms with Crippen LogP contribution in [0, 0.1) is 5.92 Å². The summed E-state index contributed by atoms with van der Waals surface area (Å²) in [6.45, 7) is 3.77. The molecular formula is C18H24N2O5S. The fourth-order valence-corrected chi connectivity index (χ4v) is 5.34. The minimum atomic E-state index is -3.92. The SMILES string of the molecule is CC1CCN(C(=O)C2CCCN2S(=O)(=O)c2cccc(C(=O)O)c2)CC1. The largest absolute Gasteiger partial charge is 0.478 e. The number of benzene rings is 1. The van der Waals surface area contributed by atoms with E-state index in [-0.39, 0.29) is 22.9 Å². The van der Waals surface area contributed by atoms with Crippen LogP contribution in [0.4, 0.5) is 0 Å². The summed E-state index contributed by atoms with van der Waals surface area (Å²) in [4.78, 5) is 25.7. The first-order valence-electron chi connectivity index (χ1n) is 8.94. The van der Waals surface area contributed by atoms with Crippen molar-refractivity contribution in [3.05, 3.63) is 29.8 Å². The Hall–Kier alpha value is -1.93. The van der Waals surface area contributed by atoms with E-state index < -0.39 is 22.0 Å². The number of carboxylic acids is 1. The van der Waals surface area contributed by atoms with Gasteiger partial charge in [-0.1, -0.05) is 13.0 Å². The molecule has 2 heterocycles. The Balaban J connectivity index is 1.83. The molecule has 0 saturated carbocycles. The second-order valence-corrected chi connectivity index (χ2v) is 9.01. The van der Waals surface area contributed by atoms with E-state index in [1.165, 1.54) is 22.5 Å². The van der Waals surface area contributed by atoms with Crippen molar-refractivity contribution in [1.29, 1.82) is 0 Å². The monoisotopic (exact) mass is 380 g/mol. The first-order valence-corrected chi connectivity index (χ1v) is 10.4. The van der Waals surface area contributed by atoms with Gasteiger partial charge in [-0.05, 0) is 49.8 Å². The van der Waals surface area contributed by atoms with Crippen molar-refractivity contribution < 1.29 is 23.1 Å². The molecule has 0 spiro atoms. The van der Waals surface area contributed by atoms with Gasteiger partial charge in [0, 0.05) is 19.6 Å². The fraction of sp³-hybridized carbons (Fsp3) is 0.556. The summed E-state index contributed by atoms with van der Waals surface area (Å²) >= 11 is 0. The van der Waals surface area contributed by atoms with Crippen molar-refractivity contribution >= 4 is 21.9 Å².